The fraction of sp³-hybridized carbons (Fsp3) is 0.100. The third-order valence-corrected chi connectivity index (χ3v) is 4.17. The van der Waals surface area contributed by atoms with Gasteiger partial charge in [-0.2, -0.15) is 5.26 Å². The molecule has 0 spiro atoms. The van der Waals surface area contributed by atoms with Crippen LogP contribution in [0.25, 0.3) is 6.08 Å². The fourth-order valence-electron chi connectivity index (χ4n) is 2.26. The number of ether oxygens (including phenoxy) is 1. The lowest BCUT2D eigenvalue weighted by molar-refractivity contribution is -0.384. The van der Waals surface area contributed by atoms with Crippen molar-refractivity contribution in [1.82, 2.24) is 0 Å². The Balaban J connectivity index is 2.36. The number of benzene rings is 2. The number of nitro benzene ring substituents is 1. The van der Waals surface area contributed by atoms with Crippen molar-refractivity contribution in [1.29, 1.82) is 5.26 Å². The predicted molar refractivity (Wildman–Crippen MR) is 110 cm³/mol. The molecule has 2 rings (SSSR count). The van der Waals surface area contributed by atoms with Gasteiger partial charge in [-0.1, -0.05) is 34.7 Å². The van der Waals surface area contributed by atoms with Crippen molar-refractivity contribution in [3.8, 4) is 11.8 Å². The second-order valence-electron chi connectivity index (χ2n) is 5.66. The van der Waals surface area contributed by atoms with Crippen LogP contribution in [0.3, 0.4) is 0 Å². The Bertz CT molecular complexity index is 1010. The molecule has 0 aliphatic carbocycles. The Hall–Kier alpha value is -3.44. The maximum absolute atomic E-state index is 12.6. The first-order valence-electron chi connectivity index (χ1n) is 8.07. The number of amides is 1. The number of hydrogen-bond acceptors (Lipinski definition) is 5. The van der Waals surface area contributed by atoms with Gasteiger partial charge in [-0.25, -0.2) is 0 Å². The quantitative estimate of drug-likeness (QED) is 0.219. The molecule has 7 nitrogen and oxygen atoms in total. The minimum absolute atomic E-state index is 0.157. The van der Waals surface area contributed by atoms with Crippen molar-refractivity contribution in [2.75, 3.05) is 11.9 Å². The summed E-state index contributed by atoms with van der Waals surface area (Å²) >= 11 is 3.35. The molecule has 0 fully saturated rings. The average molecular weight is 442 g/mol. The second kappa shape index (κ2) is 9.48. The number of halogens is 1. The number of hydrogen-bond donors (Lipinski definition) is 1. The number of rotatable bonds is 7. The SMILES string of the molecule is C=CCOc1ccc(Br)cc1/C=C(\C#N)C(=O)Nc1cc([N+](=O)[O-])ccc1C. The maximum atomic E-state index is 12.6. The van der Waals surface area contributed by atoms with Gasteiger partial charge in [0, 0.05) is 22.2 Å². The molecule has 1 amide bonds. The zero-order chi connectivity index (χ0) is 20.7. The predicted octanol–water partition coefficient (Wildman–Crippen LogP) is 4.78. The normalized spacial score (nSPS) is 10.7. The summed E-state index contributed by atoms with van der Waals surface area (Å²) < 4.78 is 6.29. The van der Waals surface area contributed by atoms with Crippen LogP contribution in [0.5, 0.6) is 5.75 Å². The number of nitrogens with one attached hydrogen (secondary N) is 1. The number of carbonyl (C=O) groups is 1. The molecule has 0 saturated carbocycles. The van der Waals surface area contributed by atoms with Gasteiger partial charge in [0.2, 0.25) is 0 Å². The van der Waals surface area contributed by atoms with E-state index in [0.717, 1.165) is 4.47 Å². The number of anilines is 1. The molecule has 0 atom stereocenters. The summed E-state index contributed by atoms with van der Waals surface area (Å²) in [6, 6.07) is 11.2. The number of non-ortho nitro benzene ring substituents is 1. The lowest BCUT2D eigenvalue weighted by Gasteiger charge is -2.10. The topological polar surface area (TPSA) is 105 Å². The van der Waals surface area contributed by atoms with Gasteiger partial charge in [0.15, 0.2) is 0 Å². The van der Waals surface area contributed by atoms with Crippen LogP contribution in [0.4, 0.5) is 11.4 Å². The van der Waals surface area contributed by atoms with Gasteiger partial charge in [-0.05, 0) is 36.8 Å². The van der Waals surface area contributed by atoms with E-state index in [0.29, 0.717) is 16.9 Å². The molecule has 0 aromatic heterocycles. The zero-order valence-electron chi connectivity index (χ0n) is 14.9. The van der Waals surface area contributed by atoms with Crippen LogP contribution in [-0.4, -0.2) is 17.4 Å². The summed E-state index contributed by atoms with van der Waals surface area (Å²) in [5.41, 5.74) is 1.09. The van der Waals surface area contributed by atoms with Gasteiger partial charge in [-0.15, -0.1) is 0 Å². The number of aryl methyl sites for hydroxylation is 1. The molecule has 0 aliphatic rings. The number of carbonyl (C=O) groups excluding carboxylic acids is 1. The van der Waals surface area contributed by atoms with Gasteiger partial charge in [0.05, 0.1) is 10.6 Å². The van der Waals surface area contributed by atoms with Gasteiger partial charge >= 0.3 is 0 Å². The minimum Gasteiger partial charge on any atom is -0.489 e. The van der Waals surface area contributed by atoms with Crippen molar-refractivity contribution in [2.24, 2.45) is 0 Å². The highest BCUT2D eigenvalue weighted by atomic mass is 79.9. The Morgan fingerprint density at radius 3 is 2.79 bits per heavy atom. The molecule has 0 bridgehead atoms. The van der Waals surface area contributed by atoms with E-state index in [-0.39, 0.29) is 23.6 Å². The first kappa shape index (κ1) is 20.9. The largest absolute Gasteiger partial charge is 0.489 e. The number of nitrogens with zero attached hydrogens (tertiary/aromatic N) is 2. The third kappa shape index (κ3) is 5.28. The smallest absolute Gasteiger partial charge is 0.271 e. The summed E-state index contributed by atoms with van der Waals surface area (Å²) in [7, 11) is 0. The van der Waals surface area contributed by atoms with E-state index < -0.39 is 10.8 Å². The molecule has 0 unspecified atom stereocenters. The van der Waals surface area contributed by atoms with E-state index in [1.165, 1.54) is 24.3 Å². The Morgan fingerprint density at radius 2 is 2.14 bits per heavy atom. The molecule has 0 aliphatic heterocycles. The van der Waals surface area contributed by atoms with Gasteiger partial charge in [0.25, 0.3) is 11.6 Å². The lowest BCUT2D eigenvalue weighted by atomic mass is 10.1. The molecular formula is C20H16BrN3O4. The summed E-state index contributed by atoms with van der Waals surface area (Å²) in [4.78, 5) is 22.9. The molecule has 0 radical (unpaired) electrons. The van der Waals surface area contributed by atoms with E-state index in [1.807, 2.05) is 6.07 Å². The standard InChI is InChI=1S/C20H16BrN3O4/c1-3-8-28-19-7-5-16(21)10-14(19)9-15(12-22)20(25)23-18-11-17(24(26)27)6-4-13(18)2/h3-7,9-11H,1,8H2,2H3,(H,23,25)/b15-9+. The fourth-order valence-corrected chi connectivity index (χ4v) is 2.64. The van der Waals surface area contributed by atoms with Gasteiger partial charge in [0.1, 0.15) is 24.0 Å². The van der Waals surface area contributed by atoms with Gasteiger partial charge in [-0.3, -0.25) is 14.9 Å². The van der Waals surface area contributed by atoms with Crippen LogP contribution < -0.4 is 10.1 Å². The average Bonchev–Trinajstić information content (AvgIpc) is 2.66. The monoisotopic (exact) mass is 441 g/mol. The molecule has 0 saturated heterocycles. The van der Waals surface area contributed by atoms with Crippen LogP contribution in [0.2, 0.25) is 0 Å². The van der Waals surface area contributed by atoms with Crippen LogP contribution in [0, 0.1) is 28.4 Å². The Labute approximate surface area is 170 Å². The van der Waals surface area contributed by atoms with Crippen LogP contribution in [0.1, 0.15) is 11.1 Å². The molecule has 2 aromatic rings. The molecular weight excluding hydrogens is 426 g/mol. The van der Waals surface area contributed by atoms with E-state index in [2.05, 4.69) is 27.8 Å². The van der Waals surface area contributed by atoms with Gasteiger partial charge < -0.3 is 10.1 Å². The Morgan fingerprint density at radius 1 is 1.39 bits per heavy atom. The third-order valence-electron chi connectivity index (χ3n) is 3.67. The summed E-state index contributed by atoms with van der Waals surface area (Å²) in [6.45, 7) is 5.56. The van der Waals surface area contributed by atoms with Crippen LogP contribution in [0.15, 0.2) is 59.1 Å². The van der Waals surface area contributed by atoms with E-state index >= 15 is 0 Å². The molecule has 142 valence electrons. The van der Waals surface area contributed by atoms with Crippen molar-refractivity contribution >= 4 is 39.3 Å². The van der Waals surface area contributed by atoms with Crippen LogP contribution in [-0.2, 0) is 4.79 Å². The minimum atomic E-state index is -0.680. The van der Waals surface area contributed by atoms with Crippen molar-refractivity contribution < 1.29 is 14.5 Å². The molecule has 2 aromatic carbocycles. The lowest BCUT2D eigenvalue weighted by Crippen LogP contribution is -2.14. The number of nitriles is 1. The van der Waals surface area contributed by atoms with Crippen molar-refractivity contribution in [3.05, 3.63) is 80.3 Å². The first-order chi connectivity index (χ1) is 13.3. The summed E-state index contributed by atoms with van der Waals surface area (Å²) in [6.07, 6.45) is 2.98. The van der Waals surface area contributed by atoms with E-state index in [1.54, 1.807) is 31.2 Å². The zero-order valence-corrected chi connectivity index (χ0v) is 16.5. The summed E-state index contributed by atoms with van der Waals surface area (Å²) in [5, 5.41) is 22.9. The highest BCUT2D eigenvalue weighted by Gasteiger charge is 2.15. The molecule has 8 heteroatoms. The molecule has 0 heterocycles. The Kier molecular flexibility index (Phi) is 7.07. The van der Waals surface area contributed by atoms with Crippen molar-refractivity contribution in [2.45, 2.75) is 6.92 Å². The maximum Gasteiger partial charge on any atom is 0.271 e. The first-order valence-corrected chi connectivity index (χ1v) is 8.86. The highest BCUT2D eigenvalue weighted by molar-refractivity contribution is 9.10. The van der Waals surface area contributed by atoms with E-state index in [4.69, 9.17) is 4.74 Å². The molecule has 1 N–H and O–H groups in total. The highest BCUT2D eigenvalue weighted by Crippen LogP contribution is 2.27. The van der Waals surface area contributed by atoms with E-state index in [9.17, 15) is 20.2 Å². The second-order valence-corrected chi connectivity index (χ2v) is 6.58. The number of nitro groups is 1. The summed E-state index contributed by atoms with van der Waals surface area (Å²) in [5.74, 6) is -0.198. The van der Waals surface area contributed by atoms with Crippen molar-refractivity contribution in [3.63, 3.8) is 0 Å². The van der Waals surface area contributed by atoms with Crippen LogP contribution >= 0.6 is 15.9 Å². The molecule has 28 heavy (non-hydrogen) atoms.